The van der Waals surface area contributed by atoms with Gasteiger partial charge in [-0.25, -0.2) is 9.97 Å². The van der Waals surface area contributed by atoms with Gasteiger partial charge in [0.25, 0.3) is 5.91 Å². The molecule has 1 aliphatic carbocycles. The zero-order valence-corrected chi connectivity index (χ0v) is 15.8. The summed E-state index contributed by atoms with van der Waals surface area (Å²) in [5.41, 5.74) is 2.19. The molecular weight excluding hydrogens is 371 g/mol. The highest BCUT2D eigenvalue weighted by Crippen LogP contribution is 2.29. The molecule has 0 radical (unpaired) electrons. The molecule has 3 rings (SSSR count). The molecule has 0 spiro atoms. The molecule has 2 aromatic rings. The Labute approximate surface area is 162 Å². The number of anilines is 2. The van der Waals surface area contributed by atoms with Gasteiger partial charge in [-0.1, -0.05) is 40.9 Å². The fourth-order valence-corrected chi connectivity index (χ4v) is 3.17. The van der Waals surface area contributed by atoms with Crippen LogP contribution in [0.3, 0.4) is 0 Å². The van der Waals surface area contributed by atoms with Gasteiger partial charge in [0.2, 0.25) is 5.95 Å². The first-order valence-corrected chi connectivity index (χ1v) is 9.39. The minimum absolute atomic E-state index is 0.260. The van der Waals surface area contributed by atoms with Gasteiger partial charge in [-0.15, -0.1) is 0 Å². The molecule has 5 nitrogen and oxygen atoms in total. The summed E-state index contributed by atoms with van der Waals surface area (Å²) < 4.78 is 0. The zero-order chi connectivity index (χ0) is 18.4. The number of benzene rings is 1. The van der Waals surface area contributed by atoms with E-state index in [2.05, 4.69) is 26.7 Å². The molecule has 1 aliphatic rings. The van der Waals surface area contributed by atoms with Gasteiger partial charge in [0.15, 0.2) is 0 Å². The van der Waals surface area contributed by atoms with Crippen LogP contribution >= 0.6 is 23.2 Å². The first-order valence-electron chi connectivity index (χ1n) is 8.63. The molecule has 0 unspecified atom stereocenters. The second-order valence-electron chi connectivity index (χ2n) is 6.11. The van der Waals surface area contributed by atoms with Crippen LogP contribution in [-0.4, -0.2) is 22.4 Å². The van der Waals surface area contributed by atoms with Crippen LogP contribution in [0.5, 0.6) is 0 Å². The van der Waals surface area contributed by atoms with Crippen LogP contribution < -0.4 is 10.6 Å². The highest BCUT2D eigenvalue weighted by molar-refractivity contribution is 6.44. The molecule has 1 aromatic heterocycles. The number of amides is 1. The van der Waals surface area contributed by atoms with Gasteiger partial charge in [-0.05, 0) is 50.3 Å². The number of halogens is 2. The lowest BCUT2D eigenvalue weighted by Gasteiger charge is -2.13. The molecule has 0 aliphatic heterocycles. The van der Waals surface area contributed by atoms with Crippen molar-refractivity contribution in [3.05, 3.63) is 57.9 Å². The van der Waals surface area contributed by atoms with Crippen molar-refractivity contribution in [2.24, 2.45) is 0 Å². The summed E-state index contributed by atoms with van der Waals surface area (Å²) in [7, 11) is 0. The van der Waals surface area contributed by atoms with Crippen LogP contribution in [0, 0.1) is 0 Å². The highest BCUT2D eigenvalue weighted by Gasteiger charge is 2.12. The van der Waals surface area contributed by atoms with Crippen molar-refractivity contribution in [1.29, 1.82) is 0 Å². The van der Waals surface area contributed by atoms with Crippen LogP contribution in [0.25, 0.3) is 0 Å². The van der Waals surface area contributed by atoms with E-state index in [1.54, 1.807) is 30.5 Å². The second kappa shape index (κ2) is 9.01. The third-order valence-electron chi connectivity index (χ3n) is 4.20. The number of carbonyl (C=O) groups is 1. The average molecular weight is 391 g/mol. The Morgan fingerprint density at radius 1 is 1.19 bits per heavy atom. The summed E-state index contributed by atoms with van der Waals surface area (Å²) in [6.45, 7) is 0.747. The first kappa shape index (κ1) is 18.7. The fraction of sp³-hybridized carbons (Fsp3) is 0.316. The molecule has 1 aromatic carbocycles. The molecule has 0 saturated carbocycles. The Kier molecular flexibility index (Phi) is 6.47. The van der Waals surface area contributed by atoms with Gasteiger partial charge >= 0.3 is 0 Å². The van der Waals surface area contributed by atoms with E-state index >= 15 is 0 Å². The molecule has 26 heavy (non-hydrogen) atoms. The molecule has 1 amide bonds. The number of hydrogen-bond donors (Lipinski definition) is 2. The predicted octanol–water partition coefficient (Wildman–Crippen LogP) is 5.34. The molecule has 1 heterocycles. The van der Waals surface area contributed by atoms with Crippen molar-refractivity contribution in [2.45, 2.75) is 32.1 Å². The molecule has 2 N–H and O–H groups in total. The molecule has 0 bridgehead atoms. The maximum atomic E-state index is 12.4. The molecule has 136 valence electrons. The summed E-state index contributed by atoms with van der Waals surface area (Å²) in [6, 6.07) is 6.62. The van der Waals surface area contributed by atoms with E-state index in [9.17, 15) is 4.79 Å². The Morgan fingerprint density at radius 2 is 2.08 bits per heavy atom. The van der Waals surface area contributed by atoms with E-state index in [4.69, 9.17) is 23.2 Å². The van der Waals surface area contributed by atoms with E-state index in [1.807, 2.05) is 0 Å². The molecule has 0 saturated heterocycles. The lowest BCUT2D eigenvalue weighted by Crippen LogP contribution is -2.16. The summed E-state index contributed by atoms with van der Waals surface area (Å²) in [5, 5.41) is 6.58. The van der Waals surface area contributed by atoms with Gasteiger partial charge in [0.05, 0.1) is 15.7 Å². The third-order valence-corrected chi connectivity index (χ3v) is 5.02. The second-order valence-corrected chi connectivity index (χ2v) is 6.89. The van der Waals surface area contributed by atoms with Crippen molar-refractivity contribution in [2.75, 3.05) is 17.2 Å². The predicted molar refractivity (Wildman–Crippen MR) is 106 cm³/mol. The molecule has 0 fully saturated rings. The molecule has 7 heteroatoms. The standard InChI is InChI=1S/C19H20Cl2N4O/c20-14-7-4-8-15(17(14)21)24-18(26)16-10-12-23-19(25-16)22-11-9-13-5-2-1-3-6-13/h4-5,7-8,10,12H,1-3,6,9,11H2,(H,24,26)(H,22,23,25). The van der Waals surface area contributed by atoms with Crippen molar-refractivity contribution in [3.63, 3.8) is 0 Å². The summed E-state index contributed by atoms with van der Waals surface area (Å²) in [5.74, 6) is 0.0702. The van der Waals surface area contributed by atoms with Crippen molar-refractivity contribution in [3.8, 4) is 0 Å². The zero-order valence-electron chi connectivity index (χ0n) is 14.3. The van der Waals surface area contributed by atoms with Crippen molar-refractivity contribution in [1.82, 2.24) is 9.97 Å². The highest BCUT2D eigenvalue weighted by atomic mass is 35.5. The third kappa shape index (κ3) is 4.96. The molecular formula is C19H20Cl2N4O. The molecule has 0 atom stereocenters. The minimum atomic E-state index is -0.366. The maximum Gasteiger partial charge on any atom is 0.274 e. The van der Waals surface area contributed by atoms with E-state index in [1.165, 1.54) is 31.3 Å². The van der Waals surface area contributed by atoms with E-state index in [-0.39, 0.29) is 11.6 Å². The first-order chi connectivity index (χ1) is 12.6. The number of nitrogens with zero attached hydrogens (tertiary/aromatic N) is 2. The Balaban J connectivity index is 1.60. The van der Waals surface area contributed by atoms with E-state index in [0.29, 0.717) is 21.7 Å². The lowest BCUT2D eigenvalue weighted by atomic mass is 9.97. The van der Waals surface area contributed by atoms with Crippen LogP contribution in [0.15, 0.2) is 42.1 Å². The summed E-state index contributed by atoms with van der Waals surface area (Å²) in [6.07, 6.45) is 9.75. The summed E-state index contributed by atoms with van der Waals surface area (Å²) >= 11 is 12.1. The normalized spacial score (nSPS) is 13.8. The fourth-order valence-electron chi connectivity index (χ4n) is 2.82. The van der Waals surface area contributed by atoms with Crippen LogP contribution in [0.2, 0.25) is 10.0 Å². The Hall–Kier alpha value is -2.11. The summed E-state index contributed by atoms with van der Waals surface area (Å²) in [4.78, 5) is 20.9. The van der Waals surface area contributed by atoms with Crippen molar-refractivity contribution >= 4 is 40.7 Å². The van der Waals surface area contributed by atoms with Gasteiger partial charge in [-0.3, -0.25) is 4.79 Å². The van der Waals surface area contributed by atoms with Gasteiger partial charge in [0, 0.05) is 12.7 Å². The average Bonchev–Trinajstić information content (AvgIpc) is 2.66. The van der Waals surface area contributed by atoms with Gasteiger partial charge in [0.1, 0.15) is 5.69 Å². The Morgan fingerprint density at radius 3 is 2.88 bits per heavy atom. The van der Waals surface area contributed by atoms with Gasteiger partial charge in [-0.2, -0.15) is 0 Å². The van der Waals surface area contributed by atoms with Crippen LogP contribution in [0.4, 0.5) is 11.6 Å². The lowest BCUT2D eigenvalue weighted by molar-refractivity contribution is 0.102. The van der Waals surface area contributed by atoms with Crippen LogP contribution in [-0.2, 0) is 0 Å². The largest absolute Gasteiger partial charge is 0.354 e. The van der Waals surface area contributed by atoms with E-state index < -0.39 is 0 Å². The topological polar surface area (TPSA) is 66.9 Å². The minimum Gasteiger partial charge on any atom is -0.354 e. The quantitative estimate of drug-likeness (QED) is 0.653. The number of rotatable bonds is 6. The van der Waals surface area contributed by atoms with E-state index in [0.717, 1.165) is 13.0 Å². The number of allylic oxidation sites excluding steroid dienone is 1. The number of nitrogens with one attached hydrogen (secondary N) is 2. The smallest absolute Gasteiger partial charge is 0.274 e. The number of aromatic nitrogens is 2. The number of hydrogen-bond acceptors (Lipinski definition) is 4. The van der Waals surface area contributed by atoms with Crippen molar-refractivity contribution < 1.29 is 4.79 Å². The Bertz CT molecular complexity index is 823. The number of carbonyl (C=O) groups excluding carboxylic acids is 1. The SMILES string of the molecule is O=C(Nc1cccc(Cl)c1Cl)c1ccnc(NCCC2=CCCCC2)n1. The van der Waals surface area contributed by atoms with Crippen LogP contribution in [0.1, 0.15) is 42.6 Å². The monoisotopic (exact) mass is 390 g/mol. The van der Waals surface area contributed by atoms with Gasteiger partial charge < -0.3 is 10.6 Å². The maximum absolute atomic E-state index is 12.4.